The van der Waals surface area contributed by atoms with Crippen LogP contribution in [0, 0.1) is 10.1 Å². The first-order valence-corrected chi connectivity index (χ1v) is 9.10. The molecule has 0 saturated carbocycles. The monoisotopic (exact) mass is 379 g/mol. The summed E-state index contributed by atoms with van der Waals surface area (Å²) < 4.78 is 6.19. The lowest BCUT2D eigenvalue weighted by Gasteiger charge is -2.30. The van der Waals surface area contributed by atoms with Crippen molar-refractivity contribution in [3.8, 4) is 5.75 Å². The molecule has 0 bridgehead atoms. The van der Waals surface area contributed by atoms with Crippen LogP contribution in [-0.2, 0) is 11.2 Å². The first-order valence-electron chi connectivity index (χ1n) is 7.57. The van der Waals surface area contributed by atoms with Crippen LogP contribution in [0.2, 0.25) is 0 Å². The lowest BCUT2D eigenvalue weighted by molar-refractivity contribution is -0.384. The Kier molecular flexibility index (Phi) is 6.10. The van der Waals surface area contributed by atoms with Gasteiger partial charge >= 0.3 is 8.09 Å². The van der Waals surface area contributed by atoms with Crippen LogP contribution >= 0.6 is 8.09 Å². The number of nitro groups is 1. The maximum absolute atomic E-state index is 12.5. The van der Waals surface area contributed by atoms with Crippen molar-refractivity contribution in [3.05, 3.63) is 64.2 Å². The molecule has 9 nitrogen and oxygen atoms in total. The molecule has 0 aromatic heterocycles. The molecule has 26 heavy (non-hydrogen) atoms. The fourth-order valence-electron chi connectivity index (χ4n) is 2.12. The standard InChI is InChI=1S/C16H18N3O6P/c1-18(13-5-2-12(3-6-13)4-11-16(17)20)26(23,24)25-15-9-7-14(8-10-15)19(21)22/h2-3,5-10H,4,11H2,1H3,(H2,17,20)(H,23,24). The van der Waals surface area contributed by atoms with E-state index >= 15 is 0 Å². The highest BCUT2D eigenvalue weighted by atomic mass is 31.2. The molecule has 1 atom stereocenters. The molecule has 0 saturated heterocycles. The number of nitrogens with two attached hydrogens (primary N) is 1. The third kappa shape index (κ3) is 5.13. The lowest BCUT2D eigenvalue weighted by atomic mass is 10.1. The number of primary amides is 1. The Morgan fingerprint density at radius 3 is 2.31 bits per heavy atom. The number of carbonyl (C=O) groups is 1. The van der Waals surface area contributed by atoms with Crippen molar-refractivity contribution in [2.24, 2.45) is 5.73 Å². The number of rotatable bonds is 8. The molecule has 2 aromatic rings. The van der Waals surface area contributed by atoms with Gasteiger partial charge in [-0.1, -0.05) is 12.1 Å². The van der Waals surface area contributed by atoms with Gasteiger partial charge in [0.2, 0.25) is 5.91 Å². The molecule has 0 aliphatic heterocycles. The summed E-state index contributed by atoms with van der Waals surface area (Å²) >= 11 is 0. The van der Waals surface area contributed by atoms with Crippen LogP contribution in [0.4, 0.5) is 11.4 Å². The van der Waals surface area contributed by atoms with Gasteiger partial charge in [0.15, 0.2) is 5.75 Å². The van der Waals surface area contributed by atoms with Gasteiger partial charge in [-0.15, -0.1) is 0 Å². The average molecular weight is 379 g/mol. The fourth-order valence-corrected chi connectivity index (χ4v) is 3.06. The molecular formula is C16H18N3O6P. The second-order valence-electron chi connectivity index (χ2n) is 5.49. The SMILES string of the molecule is CN(c1ccc(CCC(N)=O)cc1)[P+]([O-])(O)Oc1ccc([N+](=O)[O-])cc1. The number of hydrogen-bond acceptors (Lipinski definition) is 7. The van der Waals surface area contributed by atoms with Gasteiger partial charge in [-0.25, -0.2) is 0 Å². The molecule has 0 heterocycles. The number of amides is 1. The highest BCUT2D eigenvalue weighted by molar-refractivity contribution is 7.60. The van der Waals surface area contributed by atoms with E-state index in [0.717, 1.165) is 10.2 Å². The highest BCUT2D eigenvalue weighted by Gasteiger charge is 2.34. The Balaban J connectivity index is 2.07. The summed E-state index contributed by atoms with van der Waals surface area (Å²) in [4.78, 5) is 43.5. The van der Waals surface area contributed by atoms with Crippen LogP contribution in [0.15, 0.2) is 48.5 Å². The molecule has 3 N–H and O–H groups in total. The van der Waals surface area contributed by atoms with E-state index in [1.54, 1.807) is 24.3 Å². The van der Waals surface area contributed by atoms with E-state index in [9.17, 15) is 24.7 Å². The van der Waals surface area contributed by atoms with E-state index < -0.39 is 18.9 Å². The van der Waals surface area contributed by atoms with Gasteiger partial charge < -0.3 is 10.6 Å². The number of hydrogen-bond donors (Lipinski definition) is 2. The van der Waals surface area contributed by atoms with Gasteiger partial charge in [-0.3, -0.25) is 19.4 Å². The zero-order valence-electron chi connectivity index (χ0n) is 13.9. The summed E-state index contributed by atoms with van der Waals surface area (Å²) in [5.41, 5.74) is 6.25. The summed E-state index contributed by atoms with van der Waals surface area (Å²) in [5, 5.41) is 10.6. The molecule has 0 aliphatic rings. The first kappa shape index (κ1) is 19.6. The molecule has 1 amide bonds. The summed E-state index contributed by atoms with van der Waals surface area (Å²) in [5.74, 6) is -0.367. The second-order valence-corrected chi connectivity index (χ2v) is 7.25. The number of carbonyl (C=O) groups excluding carboxylic acids is 1. The molecular weight excluding hydrogens is 361 g/mol. The van der Waals surface area contributed by atoms with Crippen molar-refractivity contribution in [2.75, 3.05) is 11.7 Å². The molecule has 138 valence electrons. The third-order valence-corrected chi connectivity index (χ3v) is 5.06. The van der Waals surface area contributed by atoms with Crippen LogP contribution in [0.5, 0.6) is 5.75 Å². The van der Waals surface area contributed by atoms with Crippen LogP contribution in [-0.4, -0.2) is 22.8 Å². The zero-order chi connectivity index (χ0) is 19.3. The van der Waals surface area contributed by atoms with Crippen LogP contribution in [0.25, 0.3) is 0 Å². The number of aryl methyl sites for hydroxylation is 1. The number of anilines is 1. The van der Waals surface area contributed by atoms with E-state index in [1.807, 2.05) is 0 Å². The van der Waals surface area contributed by atoms with Gasteiger partial charge in [-0.05, 0) is 36.2 Å². The minimum absolute atomic E-state index is 0.0337. The summed E-state index contributed by atoms with van der Waals surface area (Å²) in [6.07, 6.45) is 0.701. The summed E-state index contributed by atoms with van der Waals surface area (Å²) in [7, 11) is -2.83. The number of nitrogens with zero attached hydrogens (tertiary/aromatic N) is 2. The maximum atomic E-state index is 12.5. The Hall–Kier alpha value is -2.74. The number of nitro benzene ring substituents is 1. The van der Waals surface area contributed by atoms with Crippen molar-refractivity contribution < 1.29 is 24.0 Å². The van der Waals surface area contributed by atoms with Crippen molar-refractivity contribution >= 4 is 25.4 Å². The van der Waals surface area contributed by atoms with Gasteiger partial charge in [0.25, 0.3) is 5.69 Å². The van der Waals surface area contributed by atoms with E-state index in [1.165, 1.54) is 31.3 Å². The Bertz CT molecular complexity index is 780. The largest absolute Gasteiger partial charge is 0.604 e. The van der Waals surface area contributed by atoms with Crippen molar-refractivity contribution in [2.45, 2.75) is 12.8 Å². The molecule has 2 aromatic carbocycles. The maximum Gasteiger partial charge on any atom is 0.386 e. The molecule has 0 spiro atoms. The number of benzene rings is 2. The Morgan fingerprint density at radius 1 is 1.23 bits per heavy atom. The van der Waals surface area contributed by atoms with Crippen molar-refractivity contribution in [3.63, 3.8) is 0 Å². The molecule has 0 fully saturated rings. The van der Waals surface area contributed by atoms with Gasteiger partial charge in [0.1, 0.15) is 0 Å². The van der Waals surface area contributed by atoms with Gasteiger partial charge in [-0.2, -0.15) is 9.56 Å². The van der Waals surface area contributed by atoms with Crippen molar-refractivity contribution in [1.29, 1.82) is 0 Å². The Morgan fingerprint density at radius 2 is 1.81 bits per heavy atom. The molecule has 0 radical (unpaired) electrons. The second kappa shape index (κ2) is 8.09. The van der Waals surface area contributed by atoms with E-state index in [0.29, 0.717) is 12.1 Å². The normalized spacial score (nSPS) is 12.9. The minimum Gasteiger partial charge on any atom is -0.604 e. The van der Waals surface area contributed by atoms with E-state index in [-0.39, 0.29) is 17.9 Å². The molecule has 0 aliphatic carbocycles. The Labute approximate surface area is 150 Å². The predicted molar refractivity (Wildman–Crippen MR) is 95.2 cm³/mol. The van der Waals surface area contributed by atoms with E-state index in [2.05, 4.69) is 0 Å². The first-order chi connectivity index (χ1) is 12.2. The van der Waals surface area contributed by atoms with Crippen LogP contribution < -0.4 is 19.8 Å². The van der Waals surface area contributed by atoms with Crippen LogP contribution in [0.3, 0.4) is 0 Å². The molecule has 1 unspecified atom stereocenters. The topological polar surface area (TPSA) is 142 Å². The lowest BCUT2D eigenvalue weighted by Crippen LogP contribution is -2.31. The van der Waals surface area contributed by atoms with Gasteiger partial charge in [0, 0.05) is 25.6 Å². The average Bonchev–Trinajstić information content (AvgIpc) is 2.60. The highest BCUT2D eigenvalue weighted by Crippen LogP contribution is 2.51. The zero-order valence-corrected chi connectivity index (χ0v) is 14.8. The van der Waals surface area contributed by atoms with Crippen molar-refractivity contribution in [1.82, 2.24) is 0 Å². The number of non-ortho nitro benzene ring substituents is 1. The smallest absolute Gasteiger partial charge is 0.386 e. The quantitative estimate of drug-likeness (QED) is 0.402. The van der Waals surface area contributed by atoms with E-state index in [4.69, 9.17) is 10.3 Å². The van der Waals surface area contributed by atoms with Crippen LogP contribution in [0.1, 0.15) is 12.0 Å². The summed E-state index contributed by atoms with van der Waals surface area (Å²) in [6, 6.07) is 11.6. The summed E-state index contributed by atoms with van der Waals surface area (Å²) in [6.45, 7) is 0. The van der Waals surface area contributed by atoms with Gasteiger partial charge in [0.05, 0.1) is 10.6 Å². The predicted octanol–water partition coefficient (Wildman–Crippen LogP) is 1.56. The third-order valence-electron chi connectivity index (χ3n) is 3.62. The minimum atomic E-state index is -4.22. The molecule has 10 heteroatoms. The molecule has 2 rings (SSSR count). The fraction of sp³-hybridized carbons (Fsp3) is 0.188.